The van der Waals surface area contributed by atoms with Gasteiger partial charge in [0.15, 0.2) is 11.9 Å². The Morgan fingerprint density at radius 1 is 1.32 bits per heavy atom. The molecule has 6 heteroatoms. The predicted molar refractivity (Wildman–Crippen MR) is 88.2 cm³/mol. The van der Waals surface area contributed by atoms with Crippen molar-refractivity contribution in [3.8, 4) is 0 Å². The molecule has 0 N–H and O–H groups in total. The number of ketones is 1. The first-order valence-electron chi connectivity index (χ1n) is 8.15. The van der Waals surface area contributed by atoms with Gasteiger partial charge in [-0.15, -0.1) is 0 Å². The van der Waals surface area contributed by atoms with Gasteiger partial charge < -0.3 is 14.2 Å². The predicted octanol–water partition coefficient (Wildman–Crippen LogP) is 2.16. The zero-order valence-electron chi connectivity index (χ0n) is 14.2. The molecule has 0 amide bonds. The van der Waals surface area contributed by atoms with E-state index in [-0.39, 0.29) is 24.2 Å². The number of carbonyl (C=O) groups excluding carboxylic acids is 3. The molecule has 6 nitrogen and oxygen atoms in total. The standard InChI is InChI=1S/C19H20O6/c1-5-9(2)18(21)24-16-8-14-12(20)7-13(23-14)10(3)6-15-17(16)11(4)19(22)25-15/h5,7,14-17H,3-4,6,8H2,1-2H3/b9-5+/t14-,15-,16-,17+/m1/s1. The summed E-state index contributed by atoms with van der Waals surface area (Å²) in [6, 6.07) is 0. The van der Waals surface area contributed by atoms with Crippen LogP contribution in [0.1, 0.15) is 26.7 Å². The molecule has 0 aromatic heterocycles. The number of hydrogen-bond acceptors (Lipinski definition) is 6. The molecule has 4 atom stereocenters. The van der Waals surface area contributed by atoms with Crippen molar-refractivity contribution in [3.05, 3.63) is 47.8 Å². The second kappa shape index (κ2) is 6.35. The van der Waals surface area contributed by atoms with Crippen molar-refractivity contribution in [3.63, 3.8) is 0 Å². The highest BCUT2D eigenvalue weighted by molar-refractivity contribution is 5.97. The lowest BCUT2D eigenvalue weighted by molar-refractivity contribution is -0.150. The molecule has 2 fully saturated rings. The normalized spacial score (nSPS) is 32.1. The Bertz CT molecular complexity index is 741. The number of hydrogen-bond donors (Lipinski definition) is 0. The van der Waals surface area contributed by atoms with Gasteiger partial charge >= 0.3 is 11.9 Å². The summed E-state index contributed by atoms with van der Waals surface area (Å²) < 4.78 is 16.7. The molecule has 3 rings (SSSR count). The molecule has 3 heterocycles. The van der Waals surface area contributed by atoms with Crippen molar-refractivity contribution in [1.82, 2.24) is 0 Å². The third-order valence-electron chi connectivity index (χ3n) is 4.84. The van der Waals surface area contributed by atoms with Crippen LogP contribution in [-0.2, 0) is 28.6 Å². The molecule has 0 spiro atoms. The molecule has 0 aliphatic carbocycles. The van der Waals surface area contributed by atoms with Gasteiger partial charge in [0.25, 0.3) is 0 Å². The molecular weight excluding hydrogens is 324 g/mol. The molecule has 3 aliphatic heterocycles. The van der Waals surface area contributed by atoms with Crippen LogP contribution in [0.15, 0.2) is 47.8 Å². The highest BCUT2D eigenvalue weighted by Crippen LogP contribution is 2.40. The molecule has 25 heavy (non-hydrogen) atoms. The van der Waals surface area contributed by atoms with Crippen LogP contribution in [0.3, 0.4) is 0 Å². The molecule has 2 bridgehead atoms. The fourth-order valence-electron chi connectivity index (χ4n) is 3.27. The minimum atomic E-state index is -0.766. The van der Waals surface area contributed by atoms with E-state index in [1.807, 2.05) is 0 Å². The van der Waals surface area contributed by atoms with Gasteiger partial charge in [0.1, 0.15) is 18.0 Å². The molecule has 3 aliphatic rings. The van der Waals surface area contributed by atoms with E-state index in [9.17, 15) is 14.4 Å². The Labute approximate surface area is 145 Å². The van der Waals surface area contributed by atoms with Gasteiger partial charge in [-0.25, -0.2) is 9.59 Å². The van der Waals surface area contributed by atoms with Crippen LogP contribution < -0.4 is 0 Å². The minimum Gasteiger partial charge on any atom is -0.482 e. The smallest absolute Gasteiger partial charge is 0.334 e. The zero-order chi connectivity index (χ0) is 18.3. The van der Waals surface area contributed by atoms with E-state index in [0.717, 1.165) is 0 Å². The number of fused-ring (bicyclic) bond motifs is 3. The minimum absolute atomic E-state index is 0.131. The van der Waals surface area contributed by atoms with Crippen LogP contribution in [0.25, 0.3) is 0 Å². The first-order valence-corrected chi connectivity index (χ1v) is 8.15. The number of rotatable bonds is 2. The number of carbonyl (C=O) groups is 3. The van der Waals surface area contributed by atoms with Crippen molar-refractivity contribution < 1.29 is 28.6 Å². The lowest BCUT2D eigenvalue weighted by Crippen LogP contribution is -2.37. The lowest BCUT2D eigenvalue weighted by atomic mass is 9.84. The second-order valence-corrected chi connectivity index (χ2v) is 6.47. The summed E-state index contributed by atoms with van der Waals surface area (Å²) in [5.41, 5.74) is 1.26. The van der Waals surface area contributed by atoms with E-state index >= 15 is 0 Å². The quantitative estimate of drug-likeness (QED) is 0.564. The number of esters is 2. The average molecular weight is 344 g/mol. The fraction of sp³-hybridized carbons (Fsp3) is 0.421. The maximum absolute atomic E-state index is 12.3. The van der Waals surface area contributed by atoms with Gasteiger partial charge in [0.2, 0.25) is 0 Å². The van der Waals surface area contributed by atoms with Crippen LogP contribution in [0.4, 0.5) is 0 Å². The third-order valence-corrected chi connectivity index (χ3v) is 4.84. The van der Waals surface area contributed by atoms with Crippen LogP contribution in [-0.4, -0.2) is 36.0 Å². The second-order valence-electron chi connectivity index (χ2n) is 6.47. The van der Waals surface area contributed by atoms with E-state index in [0.29, 0.717) is 16.9 Å². The molecule has 2 saturated heterocycles. The highest BCUT2D eigenvalue weighted by Gasteiger charge is 2.48. The maximum atomic E-state index is 12.3. The van der Waals surface area contributed by atoms with Gasteiger partial charge in [-0.2, -0.15) is 0 Å². The van der Waals surface area contributed by atoms with Crippen LogP contribution in [0.5, 0.6) is 0 Å². The Kier molecular flexibility index (Phi) is 4.37. The van der Waals surface area contributed by atoms with Gasteiger partial charge in [-0.3, -0.25) is 4.79 Å². The van der Waals surface area contributed by atoms with Crippen LogP contribution >= 0.6 is 0 Å². The van der Waals surface area contributed by atoms with Crippen LogP contribution in [0.2, 0.25) is 0 Å². The van der Waals surface area contributed by atoms with Crippen molar-refractivity contribution >= 4 is 17.7 Å². The molecule has 132 valence electrons. The van der Waals surface area contributed by atoms with Crippen molar-refractivity contribution in [2.45, 2.75) is 45.0 Å². The van der Waals surface area contributed by atoms with Crippen molar-refractivity contribution in [2.24, 2.45) is 5.92 Å². The van der Waals surface area contributed by atoms with Gasteiger partial charge in [0, 0.05) is 30.1 Å². The van der Waals surface area contributed by atoms with E-state index in [1.165, 1.54) is 6.08 Å². The molecule has 0 aromatic rings. The topological polar surface area (TPSA) is 78.9 Å². The summed E-state index contributed by atoms with van der Waals surface area (Å²) in [6.45, 7) is 11.1. The number of allylic oxidation sites excluding steroid dienone is 2. The highest BCUT2D eigenvalue weighted by atomic mass is 16.6. The number of ether oxygens (including phenoxy) is 3. The molecule has 0 unspecified atom stereocenters. The zero-order valence-corrected chi connectivity index (χ0v) is 14.2. The lowest BCUT2D eigenvalue weighted by Gasteiger charge is -2.27. The monoisotopic (exact) mass is 344 g/mol. The summed E-state index contributed by atoms with van der Waals surface area (Å²) in [5, 5.41) is 0. The summed E-state index contributed by atoms with van der Waals surface area (Å²) in [7, 11) is 0. The fourth-order valence-corrected chi connectivity index (χ4v) is 3.27. The molecular formula is C19H20O6. The van der Waals surface area contributed by atoms with E-state index in [1.54, 1.807) is 19.9 Å². The Hall–Kier alpha value is -2.63. The summed E-state index contributed by atoms with van der Waals surface area (Å²) >= 11 is 0. The summed E-state index contributed by atoms with van der Waals surface area (Å²) in [6.07, 6.45) is 1.39. The average Bonchev–Trinajstić information content (AvgIpc) is 3.07. The first kappa shape index (κ1) is 17.2. The van der Waals surface area contributed by atoms with Crippen LogP contribution in [0, 0.1) is 5.92 Å². The van der Waals surface area contributed by atoms with E-state index in [2.05, 4.69) is 13.2 Å². The molecule has 0 aromatic carbocycles. The first-order chi connectivity index (χ1) is 11.8. The summed E-state index contributed by atoms with van der Waals surface area (Å²) in [5.74, 6) is -1.35. The summed E-state index contributed by atoms with van der Waals surface area (Å²) in [4.78, 5) is 36.4. The Morgan fingerprint density at radius 3 is 2.72 bits per heavy atom. The molecule has 0 saturated carbocycles. The third kappa shape index (κ3) is 3.04. The van der Waals surface area contributed by atoms with Gasteiger partial charge in [0.05, 0.1) is 5.92 Å². The Balaban J connectivity index is 1.96. The molecule has 0 radical (unpaired) electrons. The SMILES string of the molecule is C=C1C[C@H]2OC(=O)C(=C)[C@@H]2[C@H](OC(=O)/C(C)=C/C)C[C@H]2OC1=CC2=O. The van der Waals surface area contributed by atoms with E-state index < -0.39 is 36.2 Å². The van der Waals surface area contributed by atoms with E-state index in [4.69, 9.17) is 14.2 Å². The van der Waals surface area contributed by atoms with Crippen molar-refractivity contribution in [1.29, 1.82) is 0 Å². The van der Waals surface area contributed by atoms with Gasteiger partial charge in [-0.1, -0.05) is 19.2 Å². The van der Waals surface area contributed by atoms with Gasteiger partial charge in [-0.05, 0) is 19.4 Å². The largest absolute Gasteiger partial charge is 0.482 e. The Morgan fingerprint density at radius 2 is 2.04 bits per heavy atom. The maximum Gasteiger partial charge on any atom is 0.334 e. The van der Waals surface area contributed by atoms with Crippen molar-refractivity contribution in [2.75, 3.05) is 0 Å².